The van der Waals surface area contributed by atoms with Gasteiger partial charge in [0.1, 0.15) is 12.4 Å². The van der Waals surface area contributed by atoms with Crippen molar-refractivity contribution in [1.29, 1.82) is 0 Å². The predicted molar refractivity (Wildman–Crippen MR) is 90.7 cm³/mol. The van der Waals surface area contributed by atoms with Crippen LogP contribution in [0.15, 0.2) is 46.3 Å². The summed E-state index contributed by atoms with van der Waals surface area (Å²) in [6, 6.07) is 11.7. The molecule has 0 saturated heterocycles. The maximum atomic E-state index is 11.6. The van der Waals surface area contributed by atoms with Crippen LogP contribution in [-0.2, 0) is 4.79 Å². The summed E-state index contributed by atoms with van der Waals surface area (Å²) in [5.74, 6) is 0.735. The number of para-hydroxylation sites is 1. The number of carbonyl (C=O) groups is 1. The van der Waals surface area contributed by atoms with Crippen molar-refractivity contribution in [2.75, 3.05) is 13.2 Å². The molecule has 3 nitrogen and oxygen atoms in total. The molecule has 110 valence electrons. The number of benzene rings is 1. The maximum absolute atomic E-state index is 11.6. The van der Waals surface area contributed by atoms with Gasteiger partial charge in [-0.05, 0) is 52.7 Å². The van der Waals surface area contributed by atoms with Crippen LogP contribution in [0.5, 0.6) is 5.75 Å². The summed E-state index contributed by atoms with van der Waals surface area (Å²) in [7, 11) is 0. The van der Waals surface area contributed by atoms with Crippen LogP contribution in [0.2, 0.25) is 0 Å². The molecule has 0 radical (unpaired) electrons. The Morgan fingerprint density at radius 1 is 1.33 bits per heavy atom. The highest BCUT2D eigenvalue weighted by molar-refractivity contribution is 9.11. The minimum atomic E-state index is -0.118. The Balaban J connectivity index is 1.70. The van der Waals surface area contributed by atoms with Crippen LogP contribution in [0.25, 0.3) is 6.08 Å². The van der Waals surface area contributed by atoms with Gasteiger partial charge < -0.3 is 10.1 Å². The molecule has 0 spiro atoms. The second-order valence-electron chi connectivity index (χ2n) is 4.38. The van der Waals surface area contributed by atoms with Gasteiger partial charge in [-0.2, -0.15) is 0 Å². The first-order valence-corrected chi connectivity index (χ1v) is 8.16. The summed E-state index contributed by atoms with van der Waals surface area (Å²) in [5.41, 5.74) is 1.09. The van der Waals surface area contributed by atoms with Crippen molar-refractivity contribution in [3.8, 4) is 5.75 Å². The molecule has 1 amide bonds. The highest BCUT2D eigenvalue weighted by atomic mass is 79.9. The van der Waals surface area contributed by atoms with Crippen LogP contribution in [0.4, 0.5) is 0 Å². The summed E-state index contributed by atoms with van der Waals surface area (Å²) in [5, 5.41) is 2.79. The number of thiophene rings is 1. The Kier molecular flexibility index (Phi) is 6.02. The summed E-state index contributed by atoms with van der Waals surface area (Å²) in [4.78, 5) is 12.7. The van der Waals surface area contributed by atoms with Gasteiger partial charge in [0.15, 0.2) is 0 Å². The first-order chi connectivity index (χ1) is 10.1. The summed E-state index contributed by atoms with van der Waals surface area (Å²) in [6.45, 7) is 2.93. The molecule has 1 aromatic carbocycles. The molecule has 0 aliphatic heterocycles. The lowest BCUT2D eigenvalue weighted by Gasteiger charge is -2.08. The number of hydrogen-bond donors (Lipinski definition) is 1. The van der Waals surface area contributed by atoms with Crippen LogP contribution >= 0.6 is 27.3 Å². The predicted octanol–water partition coefficient (Wildman–Crippen LogP) is 4.03. The Hall–Kier alpha value is -1.59. The molecule has 1 aromatic heterocycles. The maximum Gasteiger partial charge on any atom is 0.244 e. The molecule has 2 aromatic rings. The van der Waals surface area contributed by atoms with Gasteiger partial charge >= 0.3 is 0 Å². The number of halogens is 1. The van der Waals surface area contributed by atoms with E-state index in [2.05, 4.69) is 21.2 Å². The number of hydrogen-bond acceptors (Lipinski definition) is 3. The molecule has 0 saturated carbocycles. The first-order valence-electron chi connectivity index (χ1n) is 6.55. The zero-order valence-corrected chi connectivity index (χ0v) is 14.0. The molecule has 1 N–H and O–H groups in total. The molecule has 5 heteroatoms. The fraction of sp³-hybridized carbons (Fsp3) is 0.188. The van der Waals surface area contributed by atoms with Crippen LogP contribution in [-0.4, -0.2) is 19.1 Å². The van der Waals surface area contributed by atoms with E-state index >= 15 is 0 Å². The fourth-order valence-corrected chi connectivity index (χ4v) is 3.01. The highest BCUT2D eigenvalue weighted by Gasteiger charge is 1.99. The van der Waals surface area contributed by atoms with Crippen LogP contribution in [0.3, 0.4) is 0 Å². The second-order valence-corrected chi connectivity index (χ2v) is 6.87. The minimum absolute atomic E-state index is 0.118. The largest absolute Gasteiger partial charge is 0.491 e. The molecule has 2 rings (SSSR count). The van der Waals surface area contributed by atoms with E-state index in [1.54, 1.807) is 17.4 Å². The third-order valence-electron chi connectivity index (χ3n) is 2.75. The second kappa shape index (κ2) is 8.00. The van der Waals surface area contributed by atoms with E-state index in [0.717, 1.165) is 20.0 Å². The van der Waals surface area contributed by atoms with Crippen LogP contribution < -0.4 is 10.1 Å². The summed E-state index contributed by atoms with van der Waals surface area (Å²) < 4.78 is 6.66. The number of aryl methyl sites for hydroxylation is 1. The van der Waals surface area contributed by atoms with Gasteiger partial charge in [-0.25, -0.2) is 0 Å². The SMILES string of the molecule is Cc1ccccc1OCCNC(=O)C=Cc1ccc(Br)s1. The summed E-state index contributed by atoms with van der Waals surface area (Å²) >= 11 is 4.97. The quantitative estimate of drug-likeness (QED) is 0.619. The topological polar surface area (TPSA) is 38.3 Å². The number of carbonyl (C=O) groups excluding carboxylic acids is 1. The van der Waals surface area contributed by atoms with Gasteiger partial charge in [-0.3, -0.25) is 4.79 Å². The van der Waals surface area contributed by atoms with Crippen molar-refractivity contribution in [2.24, 2.45) is 0 Å². The molecule has 0 atom stereocenters. The van der Waals surface area contributed by atoms with E-state index in [1.165, 1.54) is 6.08 Å². The number of nitrogens with one attached hydrogen (secondary N) is 1. The fourth-order valence-electron chi connectivity index (χ4n) is 1.69. The van der Waals surface area contributed by atoms with E-state index in [1.807, 2.05) is 43.3 Å². The molecule has 0 bridgehead atoms. The minimum Gasteiger partial charge on any atom is -0.491 e. The molecular weight excluding hydrogens is 350 g/mol. The van der Waals surface area contributed by atoms with Gasteiger partial charge in [0, 0.05) is 11.0 Å². The van der Waals surface area contributed by atoms with Crippen LogP contribution in [0, 0.1) is 6.92 Å². The highest BCUT2D eigenvalue weighted by Crippen LogP contribution is 2.22. The van der Waals surface area contributed by atoms with Crippen molar-refractivity contribution >= 4 is 39.2 Å². The van der Waals surface area contributed by atoms with E-state index in [4.69, 9.17) is 4.74 Å². The normalized spacial score (nSPS) is 10.8. The average molecular weight is 366 g/mol. The third-order valence-corrected chi connectivity index (χ3v) is 4.33. The van der Waals surface area contributed by atoms with Gasteiger partial charge in [0.25, 0.3) is 0 Å². The van der Waals surface area contributed by atoms with Crippen molar-refractivity contribution < 1.29 is 9.53 Å². The standard InChI is InChI=1S/C16H16BrNO2S/c1-12-4-2-3-5-14(12)20-11-10-18-16(19)9-7-13-6-8-15(17)21-13/h2-9H,10-11H2,1H3,(H,18,19). The Bertz CT molecular complexity index is 637. The molecule has 0 fully saturated rings. The Labute approximate surface area is 136 Å². The molecular formula is C16H16BrNO2S. The van der Waals surface area contributed by atoms with Crippen molar-refractivity contribution in [3.05, 3.63) is 56.7 Å². The van der Waals surface area contributed by atoms with Gasteiger partial charge in [-0.1, -0.05) is 18.2 Å². The zero-order chi connectivity index (χ0) is 15.1. The van der Waals surface area contributed by atoms with Crippen molar-refractivity contribution in [1.82, 2.24) is 5.32 Å². The lowest BCUT2D eigenvalue weighted by atomic mass is 10.2. The van der Waals surface area contributed by atoms with Gasteiger partial charge in [0.05, 0.1) is 10.3 Å². The summed E-state index contributed by atoms with van der Waals surface area (Å²) in [6.07, 6.45) is 3.33. The number of rotatable bonds is 6. The number of ether oxygens (including phenoxy) is 1. The van der Waals surface area contributed by atoms with Gasteiger partial charge in [-0.15, -0.1) is 11.3 Å². The van der Waals surface area contributed by atoms with Crippen molar-refractivity contribution in [3.63, 3.8) is 0 Å². The van der Waals surface area contributed by atoms with Crippen molar-refractivity contribution in [2.45, 2.75) is 6.92 Å². The average Bonchev–Trinajstić information content (AvgIpc) is 2.89. The van der Waals surface area contributed by atoms with E-state index in [-0.39, 0.29) is 5.91 Å². The van der Waals surface area contributed by atoms with Crippen LogP contribution in [0.1, 0.15) is 10.4 Å². The first kappa shape index (κ1) is 15.8. The lowest BCUT2D eigenvalue weighted by molar-refractivity contribution is -0.116. The smallest absolute Gasteiger partial charge is 0.244 e. The third kappa shape index (κ3) is 5.36. The van der Waals surface area contributed by atoms with Gasteiger partial charge in [0.2, 0.25) is 5.91 Å². The Morgan fingerprint density at radius 2 is 2.14 bits per heavy atom. The molecule has 1 heterocycles. The van der Waals surface area contributed by atoms with E-state index < -0.39 is 0 Å². The zero-order valence-electron chi connectivity index (χ0n) is 11.6. The van der Waals surface area contributed by atoms with E-state index in [0.29, 0.717) is 13.2 Å². The van der Waals surface area contributed by atoms with E-state index in [9.17, 15) is 4.79 Å². The molecule has 21 heavy (non-hydrogen) atoms. The molecule has 0 aliphatic carbocycles. The molecule has 0 unspecified atom stereocenters. The molecule has 0 aliphatic rings. The lowest BCUT2D eigenvalue weighted by Crippen LogP contribution is -2.26. The Morgan fingerprint density at radius 3 is 2.86 bits per heavy atom. The number of amides is 1. The monoisotopic (exact) mass is 365 g/mol.